The summed E-state index contributed by atoms with van der Waals surface area (Å²) in [7, 11) is 0. The van der Waals surface area contributed by atoms with Crippen LogP contribution in [0.3, 0.4) is 0 Å². The summed E-state index contributed by atoms with van der Waals surface area (Å²) in [6.07, 6.45) is 2.66. The molecule has 0 atom stereocenters. The van der Waals surface area contributed by atoms with E-state index in [4.69, 9.17) is 9.47 Å². The van der Waals surface area contributed by atoms with Crippen molar-refractivity contribution in [3.05, 3.63) is 65.2 Å². The predicted octanol–water partition coefficient (Wildman–Crippen LogP) is 2.13. The number of pyridine rings is 1. The number of benzene rings is 1. The van der Waals surface area contributed by atoms with Gasteiger partial charge in [0.1, 0.15) is 11.5 Å². The van der Waals surface area contributed by atoms with Gasteiger partial charge in [0.25, 0.3) is 11.8 Å². The monoisotopic (exact) mass is 399 g/mol. The summed E-state index contributed by atoms with van der Waals surface area (Å²) in [5, 5.41) is 2.67. The van der Waals surface area contributed by atoms with E-state index in [1.165, 1.54) is 24.4 Å². The Balaban J connectivity index is 1.38. The quantitative estimate of drug-likeness (QED) is 0.852. The molecule has 1 N–H and O–H groups in total. The van der Waals surface area contributed by atoms with E-state index in [1.807, 2.05) is 0 Å². The molecule has 2 aromatic rings. The molecule has 2 aliphatic rings. The van der Waals surface area contributed by atoms with Crippen LogP contribution in [0, 0.1) is 5.82 Å². The van der Waals surface area contributed by atoms with Crippen molar-refractivity contribution in [3.8, 4) is 0 Å². The highest BCUT2D eigenvalue weighted by Gasteiger charge is 2.41. The number of halogens is 1. The van der Waals surface area contributed by atoms with Crippen molar-refractivity contribution in [2.24, 2.45) is 0 Å². The first-order chi connectivity index (χ1) is 14.1. The maximum Gasteiger partial charge on any atom is 0.272 e. The van der Waals surface area contributed by atoms with Crippen LogP contribution in [0.25, 0.3) is 0 Å². The first kappa shape index (κ1) is 19.5. The van der Waals surface area contributed by atoms with Crippen LogP contribution in [-0.4, -0.2) is 53.8 Å². The van der Waals surface area contributed by atoms with Gasteiger partial charge in [-0.3, -0.25) is 14.6 Å². The van der Waals surface area contributed by atoms with Crippen LogP contribution in [-0.2, 0) is 16.0 Å². The molecule has 8 heteroatoms. The largest absolute Gasteiger partial charge is 0.348 e. The number of piperidine rings is 1. The smallest absolute Gasteiger partial charge is 0.272 e. The van der Waals surface area contributed by atoms with Gasteiger partial charge >= 0.3 is 0 Å². The van der Waals surface area contributed by atoms with E-state index in [-0.39, 0.29) is 24.0 Å². The molecule has 0 bridgehead atoms. The molecule has 1 aromatic carbocycles. The Morgan fingerprint density at radius 3 is 2.59 bits per heavy atom. The van der Waals surface area contributed by atoms with Crippen molar-refractivity contribution in [1.29, 1.82) is 0 Å². The van der Waals surface area contributed by atoms with Crippen LogP contribution in [0.5, 0.6) is 0 Å². The number of carbonyl (C=O) groups is 2. The van der Waals surface area contributed by atoms with E-state index in [0.29, 0.717) is 50.3 Å². The lowest BCUT2D eigenvalue weighted by molar-refractivity contribution is -0.181. The van der Waals surface area contributed by atoms with E-state index in [1.54, 1.807) is 23.1 Å². The second-order valence-electron chi connectivity index (χ2n) is 7.10. The Morgan fingerprint density at radius 1 is 1.14 bits per heavy atom. The topological polar surface area (TPSA) is 80.8 Å². The minimum absolute atomic E-state index is 0.0608. The molecule has 0 aliphatic carbocycles. The number of likely N-dealkylation sites (tertiary alicyclic amines) is 1. The van der Waals surface area contributed by atoms with Gasteiger partial charge in [-0.25, -0.2) is 4.39 Å². The van der Waals surface area contributed by atoms with Crippen LogP contribution >= 0.6 is 0 Å². The van der Waals surface area contributed by atoms with E-state index in [9.17, 15) is 14.0 Å². The highest BCUT2D eigenvalue weighted by atomic mass is 19.1. The Hall–Kier alpha value is -2.84. The van der Waals surface area contributed by atoms with Gasteiger partial charge in [-0.1, -0.05) is 18.2 Å². The lowest BCUT2D eigenvalue weighted by Gasteiger charge is -2.37. The third-order valence-corrected chi connectivity index (χ3v) is 5.26. The molecule has 3 heterocycles. The number of nitrogens with zero attached hydrogens (tertiary/aromatic N) is 2. The predicted molar refractivity (Wildman–Crippen MR) is 102 cm³/mol. The second-order valence-corrected chi connectivity index (χ2v) is 7.10. The van der Waals surface area contributed by atoms with Crippen molar-refractivity contribution in [2.75, 3.05) is 26.3 Å². The molecule has 2 fully saturated rings. The highest BCUT2D eigenvalue weighted by Crippen LogP contribution is 2.31. The zero-order chi connectivity index (χ0) is 20.3. The summed E-state index contributed by atoms with van der Waals surface area (Å²) in [5.74, 6) is -1.56. The molecule has 2 aliphatic heterocycles. The van der Waals surface area contributed by atoms with Gasteiger partial charge in [-0.05, 0) is 18.2 Å². The van der Waals surface area contributed by atoms with E-state index >= 15 is 0 Å². The SMILES string of the molecule is O=C(NCc1ccccc1F)c1ccnc(C(=O)N2CCC3(CC2)OCCO3)c1. The summed E-state index contributed by atoms with van der Waals surface area (Å²) in [4.78, 5) is 31.1. The van der Waals surface area contributed by atoms with Gasteiger partial charge in [0, 0.05) is 49.8 Å². The van der Waals surface area contributed by atoms with Crippen LogP contribution in [0.15, 0.2) is 42.6 Å². The van der Waals surface area contributed by atoms with Gasteiger partial charge in [0.15, 0.2) is 5.79 Å². The van der Waals surface area contributed by atoms with Gasteiger partial charge in [0.05, 0.1) is 13.2 Å². The molecule has 152 valence electrons. The molecule has 7 nitrogen and oxygen atoms in total. The van der Waals surface area contributed by atoms with Crippen LogP contribution < -0.4 is 5.32 Å². The standard InChI is InChI=1S/C21H22FN3O4/c22-17-4-2-1-3-16(17)14-24-19(26)15-5-8-23-18(13-15)20(27)25-9-6-21(7-10-25)28-11-12-29-21/h1-5,8,13H,6-7,9-12,14H2,(H,24,26). The normalized spacial score (nSPS) is 18.0. The number of aromatic nitrogens is 1. The van der Waals surface area contributed by atoms with Gasteiger partial charge < -0.3 is 19.7 Å². The summed E-state index contributed by atoms with van der Waals surface area (Å²) in [6, 6.07) is 9.24. The van der Waals surface area contributed by atoms with Crippen molar-refractivity contribution in [3.63, 3.8) is 0 Å². The van der Waals surface area contributed by atoms with Crippen molar-refractivity contribution in [1.82, 2.24) is 15.2 Å². The van der Waals surface area contributed by atoms with Crippen LogP contribution in [0.1, 0.15) is 39.3 Å². The van der Waals surface area contributed by atoms with Crippen molar-refractivity contribution < 1.29 is 23.5 Å². The maximum absolute atomic E-state index is 13.7. The molecule has 1 spiro atoms. The third kappa shape index (κ3) is 4.28. The number of hydrogen-bond donors (Lipinski definition) is 1. The Labute approximate surface area is 167 Å². The molecule has 2 saturated heterocycles. The van der Waals surface area contributed by atoms with Gasteiger partial charge in [0.2, 0.25) is 0 Å². The number of rotatable bonds is 4. The van der Waals surface area contributed by atoms with Crippen molar-refractivity contribution in [2.45, 2.75) is 25.2 Å². The lowest BCUT2D eigenvalue weighted by Crippen LogP contribution is -2.47. The molecule has 0 unspecified atom stereocenters. The molecule has 1 aromatic heterocycles. The zero-order valence-corrected chi connectivity index (χ0v) is 15.9. The van der Waals surface area contributed by atoms with Gasteiger partial charge in [-0.2, -0.15) is 0 Å². The van der Waals surface area contributed by atoms with Crippen LogP contribution in [0.4, 0.5) is 4.39 Å². The summed E-state index contributed by atoms with van der Waals surface area (Å²) < 4.78 is 25.1. The molecule has 0 radical (unpaired) electrons. The number of carbonyl (C=O) groups excluding carboxylic acids is 2. The van der Waals surface area contributed by atoms with E-state index in [0.717, 1.165) is 0 Å². The Bertz CT molecular complexity index is 904. The molecular formula is C21H22FN3O4. The van der Waals surface area contributed by atoms with E-state index < -0.39 is 11.7 Å². The van der Waals surface area contributed by atoms with Gasteiger partial charge in [-0.15, -0.1) is 0 Å². The minimum Gasteiger partial charge on any atom is -0.348 e. The minimum atomic E-state index is -0.557. The Morgan fingerprint density at radius 2 is 1.86 bits per heavy atom. The number of nitrogens with one attached hydrogen (secondary N) is 1. The first-order valence-electron chi connectivity index (χ1n) is 9.61. The molecule has 4 rings (SSSR count). The highest BCUT2D eigenvalue weighted by molar-refractivity contribution is 5.98. The molecule has 2 amide bonds. The average Bonchev–Trinajstić information content (AvgIpc) is 3.21. The van der Waals surface area contributed by atoms with E-state index in [2.05, 4.69) is 10.3 Å². The second kappa shape index (κ2) is 8.26. The number of ether oxygens (including phenoxy) is 2. The fourth-order valence-electron chi connectivity index (χ4n) is 3.61. The summed E-state index contributed by atoms with van der Waals surface area (Å²) >= 11 is 0. The average molecular weight is 399 g/mol. The molecular weight excluding hydrogens is 377 g/mol. The fourth-order valence-corrected chi connectivity index (χ4v) is 3.61. The molecule has 29 heavy (non-hydrogen) atoms. The Kier molecular flexibility index (Phi) is 5.55. The zero-order valence-electron chi connectivity index (χ0n) is 15.9. The molecule has 0 saturated carbocycles. The maximum atomic E-state index is 13.7. The van der Waals surface area contributed by atoms with Crippen LogP contribution in [0.2, 0.25) is 0 Å². The summed E-state index contributed by atoms with van der Waals surface area (Å²) in [5.41, 5.74) is 0.896. The first-order valence-corrected chi connectivity index (χ1v) is 9.61. The number of amides is 2. The lowest BCUT2D eigenvalue weighted by atomic mass is 10.0. The number of hydrogen-bond acceptors (Lipinski definition) is 5. The third-order valence-electron chi connectivity index (χ3n) is 5.26. The summed E-state index contributed by atoms with van der Waals surface area (Å²) in [6.45, 7) is 2.23. The fraction of sp³-hybridized carbons (Fsp3) is 0.381. The van der Waals surface area contributed by atoms with Crippen molar-refractivity contribution >= 4 is 11.8 Å².